The molecule has 3 heteroatoms. The fourth-order valence-electron chi connectivity index (χ4n) is 7.10. The molecule has 0 amide bonds. The van der Waals surface area contributed by atoms with E-state index in [1.807, 2.05) is 0 Å². The van der Waals surface area contributed by atoms with Crippen molar-refractivity contribution in [2.24, 2.45) is 0 Å². The predicted molar refractivity (Wildman–Crippen MR) is 185 cm³/mol. The van der Waals surface area contributed by atoms with Gasteiger partial charge in [0.05, 0.1) is 33.8 Å². The number of hydrogen-bond donors (Lipinski definition) is 0. The molecule has 8 aromatic rings. The van der Waals surface area contributed by atoms with E-state index in [0.717, 1.165) is 46.0 Å². The van der Waals surface area contributed by atoms with Gasteiger partial charge in [-0.15, -0.1) is 0 Å². The van der Waals surface area contributed by atoms with Crippen LogP contribution in [0.1, 0.15) is 22.7 Å². The van der Waals surface area contributed by atoms with Crippen molar-refractivity contribution in [2.75, 3.05) is 0 Å². The summed E-state index contributed by atoms with van der Waals surface area (Å²) in [6.07, 6.45) is 0.810. The zero-order valence-electron chi connectivity index (χ0n) is 24.6. The number of hydrogen-bond acceptors (Lipinski definition) is 2. The first kappa shape index (κ1) is 25.7. The van der Waals surface area contributed by atoms with Gasteiger partial charge in [0.2, 0.25) is 0 Å². The molecule has 9 rings (SSSR count). The Morgan fingerprint density at radius 2 is 1.02 bits per heavy atom. The Labute approximate surface area is 262 Å². The van der Waals surface area contributed by atoms with Gasteiger partial charge in [-0.25, -0.2) is 9.97 Å². The van der Waals surface area contributed by atoms with Gasteiger partial charge >= 0.3 is 0 Å². The normalized spacial score (nSPS) is 13.9. The molecule has 0 saturated heterocycles. The number of benzene rings is 6. The molecule has 6 aromatic carbocycles. The van der Waals surface area contributed by atoms with E-state index in [2.05, 4.69) is 162 Å². The third-order valence-corrected chi connectivity index (χ3v) is 9.19. The van der Waals surface area contributed by atoms with Gasteiger partial charge in [-0.05, 0) is 35.4 Å². The lowest BCUT2D eigenvalue weighted by atomic mass is 9.79. The van der Waals surface area contributed by atoms with E-state index >= 15 is 0 Å². The van der Waals surface area contributed by atoms with Crippen LogP contribution in [0.5, 0.6) is 0 Å². The topological polar surface area (TPSA) is 30.7 Å². The minimum absolute atomic E-state index is 0.234. The standard InChI is InChI=1S/C42H29N3/c1-3-13-28(14-4-1)36-27-37-42(35-20-8-7-17-32(35)36)44-41(29-15-5-2-6-16-29)40(43-37)30-23-25-31(26-24-30)45-38-21-11-9-18-33(38)34-19-10-12-22-39(34)45/h1-26,36H,27H2. The summed E-state index contributed by atoms with van der Waals surface area (Å²) < 4.78 is 2.35. The first-order valence-electron chi connectivity index (χ1n) is 15.5. The smallest absolute Gasteiger partial charge is 0.0973 e. The number of rotatable bonds is 4. The highest BCUT2D eigenvalue weighted by molar-refractivity contribution is 6.09. The maximum absolute atomic E-state index is 5.46. The van der Waals surface area contributed by atoms with E-state index in [0.29, 0.717) is 0 Å². The molecule has 1 atom stereocenters. The van der Waals surface area contributed by atoms with Gasteiger partial charge < -0.3 is 4.57 Å². The van der Waals surface area contributed by atoms with Crippen molar-refractivity contribution < 1.29 is 0 Å². The van der Waals surface area contributed by atoms with Crippen molar-refractivity contribution in [1.29, 1.82) is 0 Å². The van der Waals surface area contributed by atoms with Crippen LogP contribution in [-0.2, 0) is 6.42 Å². The predicted octanol–water partition coefficient (Wildman–Crippen LogP) is 10.3. The van der Waals surface area contributed by atoms with Gasteiger partial charge in [-0.3, -0.25) is 0 Å². The van der Waals surface area contributed by atoms with Crippen LogP contribution < -0.4 is 0 Å². The Hall–Kier alpha value is -5.80. The third-order valence-electron chi connectivity index (χ3n) is 9.19. The summed E-state index contributed by atoms with van der Waals surface area (Å²) in [5, 5.41) is 2.52. The highest BCUT2D eigenvalue weighted by Crippen LogP contribution is 2.43. The fourth-order valence-corrected chi connectivity index (χ4v) is 7.10. The number of para-hydroxylation sites is 2. The minimum Gasteiger partial charge on any atom is -0.309 e. The van der Waals surface area contributed by atoms with Crippen molar-refractivity contribution in [1.82, 2.24) is 14.5 Å². The first-order chi connectivity index (χ1) is 22.3. The zero-order valence-corrected chi connectivity index (χ0v) is 24.6. The quantitative estimate of drug-likeness (QED) is 0.209. The summed E-state index contributed by atoms with van der Waals surface area (Å²) in [6, 6.07) is 56.1. The molecule has 1 aliphatic rings. The highest BCUT2D eigenvalue weighted by atomic mass is 15.0. The van der Waals surface area contributed by atoms with Crippen molar-refractivity contribution in [3.8, 4) is 39.5 Å². The summed E-state index contributed by atoms with van der Waals surface area (Å²) in [4.78, 5) is 10.9. The molecule has 1 aliphatic carbocycles. The van der Waals surface area contributed by atoms with Crippen molar-refractivity contribution in [3.05, 3.63) is 175 Å². The van der Waals surface area contributed by atoms with Crippen LogP contribution in [0.3, 0.4) is 0 Å². The maximum Gasteiger partial charge on any atom is 0.0973 e. The zero-order chi connectivity index (χ0) is 29.7. The molecule has 0 spiro atoms. The Kier molecular flexibility index (Phi) is 5.95. The summed E-state index contributed by atoms with van der Waals surface area (Å²) in [5.41, 5.74) is 13.3. The van der Waals surface area contributed by atoms with Crippen LogP contribution in [0.4, 0.5) is 0 Å². The van der Waals surface area contributed by atoms with Gasteiger partial charge in [-0.2, -0.15) is 0 Å². The highest BCUT2D eigenvalue weighted by Gasteiger charge is 2.29. The Bertz CT molecular complexity index is 2280. The van der Waals surface area contributed by atoms with Crippen LogP contribution in [0.15, 0.2) is 158 Å². The fraction of sp³-hybridized carbons (Fsp3) is 0.0476. The van der Waals surface area contributed by atoms with Crippen molar-refractivity contribution in [2.45, 2.75) is 12.3 Å². The van der Waals surface area contributed by atoms with Gasteiger partial charge in [0.15, 0.2) is 0 Å². The molecular formula is C42H29N3. The Morgan fingerprint density at radius 1 is 0.467 bits per heavy atom. The summed E-state index contributed by atoms with van der Waals surface area (Å²) in [5.74, 6) is 0.234. The molecular weight excluding hydrogens is 546 g/mol. The van der Waals surface area contributed by atoms with Crippen LogP contribution >= 0.6 is 0 Å². The van der Waals surface area contributed by atoms with Crippen LogP contribution in [0.25, 0.3) is 61.3 Å². The number of fused-ring (bicyclic) bond motifs is 6. The van der Waals surface area contributed by atoms with Crippen LogP contribution in [-0.4, -0.2) is 14.5 Å². The second-order valence-electron chi connectivity index (χ2n) is 11.8. The molecule has 3 nitrogen and oxygen atoms in total. The van der Waals surface area contributed by atoms with Crippen molar-refractivity contribution >= 4 is 21.8 Å². The van der Waals surface area contributed by atoms with E-state index in [-0.39, 0.29) is 5.92 Å². The lowest BCUT2D eigenvalue weighted by molar-refractivity contribution is 0.764. The number of nitrogens with zero attached hydrogens (tertiary/aromatic N) is 3. The molecule has 0 N–H and O–H groups in total. The van der Waals surface area contributed by atoms with E-state index in [9.17, 15) is 0 Å². The van der Waals surface area contributed by atoms with E-state index < -0.39 is 0 Å². The summed E-state index contributed by atoms with van der Waals surface area (Å²) in [7, 11) is 0. The van der Waals surface area contributed by atoms with Crippen LogP contribution in [0.2, 0.25) is 0 Å². The molecule has 2 heterocycles. The van der Waals surface area contributed by atoms with Gasteiger partial charge in [0.25, 0.3) is 0 Å². The summed E-state index contributed by atoms with van der Waals surface area (Å²) >= 11 is 0. The lowest BCUT2D eigenvalue weighted by Crippen LogP contribution is -2.16. The third kappa shape index (κ3) is 4.20. The molecule has 1 unspecified atom stereocenters. The lowest BCUT2D eigenvalue weighted by Gasteiger charge is -2.28. The molecule has 0 aliphatic heterocycles. The van der Waals surface area contributed by atoms with Gasteiger partial charge in [0.1, 0.15) is 0 Å². The number of aromatic nitrogens is 3. The molecule has 0 bridgehead atoms. The average molecular weight is 576 g/mol. The van der Waals surface area contributed by atoms with Gasteiger partial charge in [0, 0.05) is 45.5 Å². The van der Waals surface area contributed by atoms with Crippen LogP contribution in [0, 0.1) is 0 Å². The second kappa shape index (κ2) is 10.4. The molecule has 0 radical (unpaired) electrons. The maximum atomic E-state index is 5.46. The van der Waals surface area contributed by atoms with Gasteiger partial charge in [-0.1, -0.05) is 133 Å². The Balaban J connectivity index is 1.22. The SMILES string of the molecule is c1ccc(-c2nc3c(nc2-c2ccc(-n4c5ccccc5c5ccccc54)cc2)CC(c2ccccc2)c2ccccc2-3)cc1. The summed E-state index contributed by atoms with van der Waals surface area (Å²) in [6.45, 7) is 0. The molecule has 45 heavy (non-hydrogen) atoms. The van der Waals surface area contributed by atoms with Crippen molar-refractivity contribution in [3.63, 3.8) is 0 Å². The molecule has 0 fully saturated rings. The molecule has 212 valence electrons. The van der Waals surface area contributed by atoms with E-state index in [1.54, 1.807) is 0 Å². The monoisotopic (exact) mass is 575 g/mol. The minimum atomic E-state index is 0.234. The molecule has 2 aromatic heterocycles. The Morgan fingerprint density at radius 3 is 1.73 bits per heavy atom. The first-order valence-corrected chi connectivity index (χ1v) is 15.5. The molecule has 0 saturated carbocycles. The largest absolute Gasteiger partial charge is 0.309 e. The second-order valence-corrected chi connectivity index (χ2v) is 11.8. The van der Waals surface area contributed by atoms with E-state index in [4.69, 9.17) is 9.97 Å². The van der Waals surface area contributed by atoms with E-state index in [1.165, 1.54) is 38.5 Å². The average Bonchev–Trinajstić information content (AvgIpc) is 3.46.